The monoisotopic (exact) mass is 445 g/mol. The smallest absolute Gasteiger partial charge is 0.220 e. The largest absolute Gasteiger partial charge is 0.497 e. The molecule has 2 aliphatic rings. The maximum absolute atomic E-state index is 12.0. The Balaban J connectivity index is 1.27. The van der Waals surface area contributed by atoms with Gasteiger partial charge in [0.05, 0.1) is 19.3 Å². The highest BCUT2D eigenvalue weighted by Gasteiger charge is 2.28. The highest BCUT2D eigenvalue weighted by Crippen LogP contribution is 2.21. The van der Waals surface area contributed by atoms with Crippen molar-refractivity contribution in [1.29, 1.82) is 0 Å². The van der Waals surface area contributed by atoms with E-state index in [1.807, 2.05) is 19.1 Å². The van der Waals surface area contributed by atoms with Gasteiger partial charge in [-0.3, -0.25) is 19.4 Å². The SMILES string of the molecule is CCC(=O)CCCC(=O)NCC1CCC(CN2CCN(Cc3ccc(OC)cc3)CC2)O1. The number of methoxy groups -OCH3 is 1. The molecule has 7 nitrogen and oxygen atoms in total. The molecule has 2 unspecified atom stereocenters. The van der Waals surface area contributed by atoms with Crippen molar-refractivity contribution in [3.63, 3.8) is 0 Å². The minimum atomic E-state index is 0.0222. The summed E-state index contributed by atoms with van der Waals surface area (Å²) in [4.78, 5) is 28.3. The molecular formula is C25H39N3O4. The summed E-state index contributed by atoms with van der Waals surface area (Å²) in [5, 5.41) is 2.97. The number of carbonyl (C=O) groups excluding carboxylic acids is 2. The first-order chi connectivity index (χ1) is 15.6. The van der Waals surface area contributed by atoms with Crippen molar-refractivity contribution in [3.05, 3.63) is 29.8 Å². The van der Waals surface area contributed by atoms with Gasteiger partial charge in [-0.25, -0.2) is 0 Å². The Hall–Kier alpha value is -1.96. The van der Waals surface area contributed by atoms with Crippen LogP contribution in [0.4, 0.5) is 0 Å². The number of ketones is 1. The van der Waals surface area contributed by atoms with E-state index in [-0.39, 0.29) is 23.9 Å². The summed E-state index contributed by atoms with van der Waals surface area (Å²) in [5.41, 5.74) is 1.32. The van der Waals surface area contributed by atoms with Crippen LogP contribution in [0.3, 0.4) is 0 Å². The van der Waals surface area contributed by atoms with E-state index in [1.165, 1.54) is 5.56 Å². The van der Waals surface area contributed by atoms with E-state index < -0.39 is 0 Å². The summed E-state index contributed by atoms with van der Waals surface area (Å²) in [5.74, 6) is 1.15. The van der Waals surface area contributed by atoms with Gasteiger partial charge in [0.15, 0.2) is 0 Å². The Morgan fingerprint density at radius 1 is 1.03 bits per heavy atom. The Bertz CT molecular complexity index is 716. The van der Waals surface area contributed by atoms with Crippen molar-refractivity contribution in [2.45, 2.75) is 64.2 Å². The van der Waals surface area contributed by atoms with Gasteiger partial charge in [-0.2, -0.15) is 0 Å². The summed E-state index contributed by atoms with van der Waals surface area (Å²) in [7, 11) is 1.69. The Morgan fingerprint density at radius 3 is 2.41 bits per heavy atom. The zero-order valence-electron chi connectivity index (χ0n) is 19.7. The van der Waals surface area contributed by atoms with Gasteiger partial charge in [0.1, 0.15) is 11.5 Å². The van der Waals surface area contributed by atoms with E-state index >= 15 is 0 Å². The topological polar surface area (TPSA) is 71.1 Å². The molecule has 1 aromatic carbocycles. The van der Waals surface area contributed by atoms with Crippen LogP contribution in [0.5, 0.6) is 5.75 Å². The van der Waals surface area contributed by atoms with Crippen molar-refractivity contribution < 1.29 is 19.1 Å². The van der Waals surface area contributed by atoms with Gasteiger partial charge in [0.2, 0.25) is 5.91 Å². The number of amides is 1. The normalized spacial score (nSPS) is 22.1. The van der Waals surface area contributed by atoms with Gasteiger partial charge in [-0.1, -0.05) is 19.1 Å². The Morgan fingerprint density at radius 2 is 1.72 bits per heavy atom. The van der Waals surface area contributed by atoms with Crippen LogP contribution in [0.1, 0.15) is 51.0 Å². The predicted octanol–water partition coefficient (Wildman–Crippen LogP) is 2.63. The number of hydrogen-bond acceptors (Lipinski definition) is 6. The second-order valence-corrected chi connectivity index (χ2v) is 8.93. The molecule has 0 saturated carbocycles. The number of nitrogens with zero attached hydrogens (tertiary/aromatic N) is 2. The summed E-state index contributed by atoms with van der Waals surface area (Å²) >= 11 is 0. The van der Waals surface area contributed by atoms with Crippen LogP contribution >= 0.6 is 0 Å². The molecule has 3 rings (SSSR count). The third kappa shape index (κ3) is 8.19. The van der Waals surface area contributed by atoms with E-state index in [0.717, 1.165) is 57.9 Å². The molecule has 7 heteroatoms. The van der Waals surface area contributed by atoms with Crippen LogP contribution in [0.15, 0.2) is 24.3 Å². The number of ether oxygens (including phenoxy) is 2. The molecule has 0 bridgehead atoms. The van der Waals surface area contributed by atoms with Crippen LogP contribution in [0, 0.1) is 0 Å². The highest BCUT2D eigenvalue weighted by atomic mass is 16.5. The molecule has 2 saturated heterocycles. The molecule has 0 aromatic heterocycles. The van der Waals surface area contributed by atoms with Gasteiger partial charge in [0.25, 0.3) is 0 Å². The van der Waals surface area contributed by atoms with Gasteiger partial charge in [0, 0.05) is 65.1 Å². The first-order valence-electron chi connectivity index (χ1n) is 12.1. The highest BCUT2D eigenvalue weighted by molar-refractivity contribution is 5.80. The molecule has 0 aliphatic carbocycles. The number of benzene rings is 1. The van der Waals surface area contributed by atoms with Crippen molar-refractivity contribution in [3.8, 4) is 5.75 Å². The standard InChI is InChI=1S/C25H39N3O4/c1-3-21(29)5-4-6-25(30)26-17-23-11-12-24(32-23)19-28-15-13-27(14-16-28)18-20-7-9-22(31-2)10-8-20/h7-10,23-24H,3-6,11-19H2,1-2H3,(H,26,30). The first kappa shape index (κ1) is 24.7. The van der Waals surface area contributed by atoms with Gasteiger partial charge >= 0.3 is 0 Å². The lowest BCUT2D eigenvalue weighted by Gasteiger charge is -2.35. The molecule has 2 fully saturated rings. The van der Waals surface area contributed by atoms with Gasteiger partial charge in [-0.15, -0.1) is 0 Å². The van der Waals surface area contributed by atoms with Crippen molar-refractivity contribution in [1.82, 2.24) is 15.1 Å². The summed E-state index contributed by atoms with van der Waals surface area (Å²) in [6.07, 6.45) is 4.52. The lowest BCUT2D eigenvalue weighted by Crippen LogP contribution is -2.48. The summed E-state index contributed by atoms with van der Waals surface area (Å²) in [6, 6.07) is 8.33. The third-order valence-electron chi connectivity index (χ3n) is 6.47. The first-order valence-corrected chi connectivity index (χ1v) is 12.1. The van der Waals surface area contributed by atoms with Crippen LogP contribution < -0.4 is 10.1 Å². The lowest BCUT2D eigenvalue weighted by atomic mass is 10.1. The molecule has 1 amide bonds. The fourth-order valence-corrected chi connectivity index (χ4v) is 4.41. The predicted molar refractivity (Wildman–Crippen MR) is 125 cm³/mol. The van der Waals surface area contributed by atoms with E-state index in [1.54, 1.807) is 7.11 Å². The second-order valence-electron chi connectivity index (χ2n) is 8.93. The number of Topliss-reactive ketones (excluding diaryl/α,β-unsaturated/α-hetero) is 1. The van der Waals surface area contributed by atoms with Crippen LogP contribution in [0.25, 0.3) is 0 Å². The van der Waals surface area contributed by atoms with Crippen molar-refractivity contribution in [2.24, 2.45) is 0 Å². The molecule has 1 N–H and O–H groups in total. The molecule has 0 spiro atoms. The molecular weight excluding hydrogens is 406 g/mol. The number of nitrogens with one attached hydrogen (secondary N) is 1. The molecule has 0 radical (unpaired) electrons. The molecule has 178 valence electrons. The number of hydrogen-bond donors (Lipinski definition) is 1. The average molecular weight is 446 g/mol. The fourth-order valence-electron chi connectivity index (χ4n) is 4.41. The third-order valence-corrected chi connectivity index (χ3v) is 6.47. The van der Waals surface area contributed by atoms with E-state index in [0.29, 0.717) is 32.2 Å². The average Bonchev–Trinajstić information content (AvgIpc) is 3.26. The zero-order valence-corrected chi connectivity index (χ0v) is 19.7. The van der Waals surface area contributed by atoms with Crippen molar-refractivity contribution in [2.75, 3.05) is 46.4 Å². The molecule has 2 aliphatic heterocycles. The van der Waals surface area contributed by atoms with Crippen LogP contribution in [0.2, 0.25) is 0 Å². The van der Waals surface area contributed by atoms with E-state index in [2.05, 4.69) is 27.2 Å². The molecule has 2 atom stereocenters. The van der Waals surface area contributed by atoms with E-state index in [9.17, 15) is 9.59 Å². The second kappa shape index (κ2) is 12.9. The Kier molecular flexibility index (Phi) is 9.96. The number of carbonyl (C=O) groups is 2. The molecule has 1 aromatic rings. The number of rotatable bonds is 12. The summed E-state index contributed by atoms with van der Waals surface area (Å²) in [6.45, 7) is 8.65. The molecule has 2 heterocycles. The van der Waals surface area contributed by atoms with Crippen LogP contribution in [-0.2, 0) is 20.9 Å². The minimum absolute atomic E-state index is 0.0222. The van der Waals surface area contributed by atoms with E-state index in [4.69, 9.17) is 9.47 Å². The Labute approximate surface area is 192 Å². The number of piperazine rings is 1. The van der Waals surface area contributed by atoms with Crippen LogP contribution in [-0.4, -0.2) is 80.1 Å². The zero-order chi connectivity index (χ0) is 22.8. The maximum Gasteiger partial charge on any atom is 0.220 e. The van der Waals surface area contributed by atoms with Crippen molar-refractivity contribution >= 4 is 11.7 Å². The molecule has 32 heavy (non-hydrogen) atoms. The fraction of sp³-hybridized carbons (Fsp3) is 0.680. The maximum atomic E-state index is 12.0. The quantitative estimate of drug-likeness (QED) is 0.533. The van der Waals surface area contributed by atoms with Gasteiger partial charge < -0.3 is 14.8 Å². The lowest BCUT2D eigenvalue weighted by molar-refractivity contribution is -0.122. The van der Waals surface area contributed by atoms with Gasteiger partial charge in [-0.05, 0) is 37.0 Å². The minimum Gasteiger partial charge on any atom is -0.497 e. The summed E-state index contributed by atoms with van der Waals surface area (Å²) < 4.78 is 11.4.